The van der Waals surface area contributed by atoms with Crippen LogP contribution in [0.15, 0.2) is 42.9 Å². The molecule has 3 N–H and O–H groups in total. The van der Waals surface area contributed by atoms with Gasteiger partial charge in [-0.1, -0.05) is 24.1 Å². The van der Waals surface area contributed by atoms with Crippen molar-refractivity contribution in [3.8, 4) is 23.5 Å². The number of amides is 1. The Kier molecular flexibility index (Phi) is 4.58. The van der Waals surface area contributed by atoms with Crippen LogP contribution in [-0.2, 0) is 10.3 Å². The second kappa shape index (κ2) is 7.47. The lowest BCUT2D eigenvalue weighted by Crippen LogP contribution is -2.47. The van der Waals surface area contributed by atoms with Crippen LogP contribution in [0, 0.1) is 12.3 Å². The van der Waals surface area contributed by atoms with E-state index < -0.39 is 23.4 Å². The van der Waals surface area contributed by atoms with Crippen LogP contribution in [0.3, 0.4) is 0 Å². The lowest BCUT2D eigenvalue weighted by Gasteiger charge is -2.30. The van der Waals surface area contributed by atoms with Crippen LogP contribution >= 0.6 is 0 Å². The van der Waals surface area contributed by atoms with Crippen molar-refractivity contribution in [1.82, 2.24) is 24.8 Å². The van der Waals surface area contributed by atoms with Crippen LogP contribution in [0.5, 0.6) is 0 Å². The Morgan fingerprint density at radius 1 is 1.17 bits per heavy atom. The number of nitrogens with zero attached hydrogens (tertiary/aromatic N) is 4. The summed E-state index contributed by atoms with van der Waals surface area (Å²) in [5, 5.41) is 4.21. The Balaban J connectivity index is 1.56. The molecule has 0 saturated heterocycles. The number of hydrogen-bond acceptors (Lipinski definition) is 5. The predicted molar refractivity (Wildman–Crippen MR) is 129 cm³/mol. The summed E-state index contributed by atoms with van der Waals surface area (Å²) in [5.74, 6) is 1.93. The number of nitrogens with one attached hydrogen (secondary N) is 1. The first kappa shape index (κ1) is 21.5. The van der Waals surface area contributed by atoms with Crippen molar-refractivity contribution in [3.05, 3.63) is 48.5 Å². The van der Waals surface area contributed by atoms with Gasteiger partial charge < -0.3 is 15.6 Å². The third-order valence-corrected chi connectivity index (χ3v) is 7.66. The van der Waals surface area contributed by atoms with E-state index in [1.165, 1.54) is 6.33 Å². The minimum absolute atomic E-state index is 0.304. The molecule has 3 aromatic heterocycles. The van der Waals surface area contributed by atoms with E-state index >= 15 is 0 Å². The summed E-state index contributed by atoms with van der Waals surface area (Å²) in [4.78, 5) is 25.3. The highest BCUT2D eigenvalue weighted by molar-refractivity contribution is 6.04. The number of alkyl halides is 2. The van der Waals surface area contributed by atoms with Gasteiger partial charge in [0.15, 0.2) is 0 Å². The van der Waals surface area contributed by atoms with Gasteiger partial charge in [-0.05, 0) is 44.2 Å². The summed E-state index contributed by atoms with van der Waals surface area (Å²) in [6, 6.07) is 9.80. The largest absolute Gasteiger partial charge is 0.383 e. The molecule has 1 aromatic carbocycles. The van der Waals surface area contributed by atoms with Crippen LogP contribution < -0.4 is 11.1 Å². The van der Waals surface area contributed by atoms with Gasteiger partial charge in [0, 0.05) is 33.8 Å². The molecule has 0 aliphatic heterocycles. The van der Waals surface area contributed by atoms with Crippen molar-refractivity contribution in [2.75, 3.05) is 5.73 Å². The zero-order valence-electron chi connectivity index (χ0n) is 18.8. The molecule has 2 aliphatic rings. The lowest BCUT2D eigenvalue weighted by molar-refractivity contribution is -0.133. The first-order chi connectivity index (χ1) is 16.9. The van der Waals surface area contributed by atoms with Crippen molar-refractivity contribution in [3.63, 3.8) is 0 Å². The Hall–Kier alpha value is -4.06. The van der Waals surface area contributed by atoms with Gasteiger partial charge in [-0.25, -0.2) is 9.97 Å². The van der Waals surface area contributed by atoms with E-state index in [1.54, 1.807) is 6.20 Å². The SMILES string of the molecule is C#Cc1c(-c2cnc3ccccc3c2)c2c(N)ncnc2n1C12CCC(NC(=O)C(F)F)(CC1)C2. The van der Waals surface area contributed by atoms with Gasteiger partial charge in [0.05, 0.1) is 10.9 Å². The Labute approximate surface area is 199 Å². The number of aromatic nitrogens is 4. The minimum Gasteiger partial charge on any atom is -0.383 e. The normalized spacial score (nSPS) is 23.3. The lowest BCUT2D eigenvalue weighted by atomic mass is 9.90. The highest BCUT2D eigenvalue weighted by Crippen LogP contribution is 2.57. The average molecular weight is 472 g/mol. The van der Waals surface area contributed by atoms with Gasteiger partial charge in [-0.2, -0.15) is 8.78 Å². The minimum atomic E-state index is -3.05. The van der Waals surface area contributed by atoms with Crippen LogP contribution in [0.4, 0.5) is 14.6 Å². The standard InChI is InChI=1S/C26H22F2N6O/c1-2-18-19(16-11-15-5-3-4-6-17(15)30-12-16)20-22(29)31-14-32-23(20)34(18)26-9-7-25(13-26,8-10-26)33-24(35)21(27)28/h1,3-6,11-12,14,21H,7-10,13H2,(H,33,35)(H2,29,31,32). The third kappa shape index (κ3) is 3.09. The second-order valence-electron chi connectivity index (χ2n) is 9.55. The maximum absolute atomic E-state index is 13.0. The van der Waals surface area contributed by atoms with E-state index in [2.05, 4.69) is 26.2 Å². The van der Waals surface area contributed by atoms with Gasteiger partial charge in [-0.15, -0.1) is 6.42 Å². The number of halogens is 2. The summed E-state index contributed by atoms with van der Waals surface area (Å²) in [6.45, 7) is 0. The molecule has 0 atom stereocenters. The van der Waals surface area contributed by atoms with Crippen LogP contribution in [0.1, 0.15) is 37.8 Å². The van der Waals surface area contributed by atoms with Gasteiger partial charge in [0.1, 0.15) is 23.5 Å². The molecule has 0 radical (unpaired) electrons. The molecule has 4 aromatic rings. The maximum atomic E-state index is 13.0. The molecular formula is C26H22F2N6O. The number of fused-ring (bicyclic) bond motifs is 4. The molecule has 176 valence electrons. The Morgan fingerprint density at radius 3 is 2.69 bits per heavy atom. The highest BCUT2D eigenvalue weighted by atomic mass is 19.3. The molecule has 3 heterocycles. The fraction of sp³-hybridized carbons (Fsp3) is 0.308. The summed E-state index contributed by atoms with van der Waals surface area (Å²) >= 11 is 0. The molecule has 0 spiro atoms. The topological polar surface area (TPSA) is 98.7 Å². The van der Waals surface area contributed by atoms with E-state index in [9.17, 15) is 13.6 Å². The molecule has 6 rings (SSSR count). The van der Waals surface area contributed by atoms with E-state index in [-0.39, 0.29) is 0 Å². The van der Waals surface area contributed by atoms with Crippen molar-refractivity contribution in [2.24, 2.45) is 0 Å². The zero-order valence-corrected chi connectivity index (χ0v) is 18.8. The summed E-state index contributed by atoms with van der Waals surface area (Å²) < 4.78 is 28.1. The van der Waals surface area contributed by atoms with Crippen molar-refractivity contribution < 1.29 is 13.6 Å². The monoisotopic (exact) mass is 472 g/mol. The smallest absolute Gasteiger partial charge is 0.315 e. The number of carbonyl (C=O) groups is 1. The summed E-state index contributed by atoms with van der Waals surface area (Å²) in [7, 11) is 0. The fourth-order valence-electron chi connectivity index (χ4n) is 6.19. The number of carbonyl (C=O) groups excluding carboxylic acids is 1. The van der Waals surface area contributed by atoms with E-state index in [0.717, 1.165) is 22.0 Å². The van der Waals surface area contributed by atoms with Gasteiger partial charge in [-0.3, -0.25) is 9.78 Å². The first-order valence-corrected chi connectivity index (χ1v) is 11.4. The number of benzene rings is 1. The molecule has 7 nitrogen and oxygen atoms in total. The second-order valence-corrected chi connectivity index (χ2v) is 9.55. The number of hydrogen-bond donors (Lipinski definition) is 2. The van der Waals surface area contributed by atoms with Crippen LogP contribution in [-0.4, -0.2) is 37.4 Å². The van der Waals surface area contributed by atoms with Crippen LogP contribution in [0.2, 0.25) is 0 Å². The summed E-state index contributed by atoms with van der Waals surface area (Å²) in [6.07, 6.45) is 9.26. The molecule has 2 aliphatic carbocycles. The number of pyridine rings is 1. The van der Waals surface area contributed by atoms with Gasteiger partial charge in [0.2, 0.25) is 0 Å². The number of rotatable bonds is 4. The molecule has 2 saturated carbocycles. The molecule has 35 heavy (non-hydrogen) atoms. The van der Waals surface area contributed by atoms with Crippen molar-refractivity contribution in [1.29, 1.82) is 0 Å². The highest BCUT2D eigenvalue weighted by Gasteiger charge is 2.57. The number of nitrogen functional groups attached to an aromatic ring is 1. The first-order valence-electron chi connectivity index (χ1n) is 11.4. The average Bonchev–Trinajstić information content (AvgIpc) is 3.52. The van der Waals surface area contributed by atoms with Crippen molar-refractivity contribution >= 4 is 33.7 Å². The molecule has 0 unspecified atom stereocenters. The maximum Gasteiger partial charge on any atom is 0.315 e. The summed E-state index contributed by atoms with van der Waals surface area (Å²) in [5.41, 5.74) is 8.80. The number of nitrogens with two attached hydrogens (primary N) is 1. The molecule has 2 fully saturated rings. The van der Waals surface area contributed by atoms with Gasteiger partial charge >= 0.3 is 6.43 Å². The van der Waals surface area contributed by atoms with E-state index in [1.807, 2.05) is 34.9 Å². The third-order valence-electron chi connectivity index (χ3n) is 7.66. The van der Waals surface area contributed by atoms with Crippen molar-refractivity contribution in [2.45, 2.75) is 49.6 Å². The number of para-hydroxylation sites is 1. The van der Waals surface area contributed by atoms with Crippen LogP contribution in [0.25, 0.3) is 33.1 Å². The predicted octanol–water partition coefficient (Wildman–Crippen LogP) is 4.00. The Bertz CT molecular complexity index is 1550. The Morgan fingerprint density at radius 2 is 1.94 bits per heavy atom. The molecule has 1 amide bonds. The molecule has 9 heteroatoms. The molecule has 2 bridgehead atoms. The zero-order chi connectivity index (χ0) is 24.4. The quantitative estimate of drug-likeness (QED) is 0.438. The molecular weight excluding hydrogens is 450 g/mol. The van der Waals surface area contributed by atoms with Gasteiger partial charge in [0.25, 0.3) is 5.91 Å². The fourth-order valence-corrected chi connectivity index (χ4v) is 6.19. The number of anilines is 1. The van der Waals surface area contributed by atoms with E-state index in [0.29, 0.717) is 54.6 Å². The number of terminal acetylenes is 1. The van der Waals surface area contributed by atoms with E-state index in [4.69, 9.17) is 12.2 Å².